The summed E-state index contributed by atoms with van der Waals surface area (Å²) in [7, 11) is 0. The van der Waals surface area contributed by atoms with Crippen LogP contribution in [0, 0.1) is 0 Å². The van der Waals surface area contributed by atoms with Gasteiger partial charge in [0.25, 0.3) is 0 Å². The number of carbonyl (C=O) groups excluding carboxylic acids is 1. The van der Waals surface area contributed by atoms with Crippen LogP contribution in [0.5, 0.6) is 0 Å². The van der Waals surface area contributed by atoms with Gasteiger partial charge in [0.1, 0.15) is 0 Å². The molecule has 0 radical (unpaired) electrons. The van der Waals surface area contributed by atoms with Crippen molar-refractivity contribution < 1.29 is 4.79 Å². The third-order valence-electron chi connectivity index (χ3n) is 3.95. The standard InChI is InChI=1S/C20H17Cl3N4OS/c21-20(22,23)17(26-18(28)24-14-9-2-1-3-10-14)27-19(29)25-16-12-6-8-13-7-4-5-11-15(13)16/h1-12,17H,(H2,24,26,28)(H2,25,27,29)/t17-/m0/s1. The zero-order valence-electron chi connectivity index (χ0n) is 15.0. The lowest BCUT2D eigenvalue weighted by Gasteiger charge is -2.28. The number of hydrogen-bond donors (Lipinski definition) is 4. The quantitative estimate of drug-likeness (QED) is 0.228. The van der Waals surface area contributed by atoms with Gasteiger partial charge in [-0.25, -0.2) is 4.79 Å². The molecular formula is C20H17Cl3N4OS. The van der Waals surface area contributed by atoms with Crippen molar-refractivity contribution in [2.75, 3.05) is 10.6 Å². The zero-order valence-corrected chi connectivity index (χ0v) is 18.0. The summed E-state index contributed by atoms with van der Waals surface area (Å²) in [6.07, 6.45) is -1.08. The van der Waals surface area contributed by atoms with Gasteiger partial charge in [0.2, 0.25) is 3.79 Å². The van der Waals surface area contributed by atoms with Crippen molar-refractivity contribution in [3.05, 3.63) is 72.8 Å². The fourth-order valence-corrected chi connectivity index (χ4v) is 3.20. The van der Waals surface area contributed by atoms with Crippen molar-refractivity contribution in [3.8, 4) is 0 Å². The lowest BCUT2D eigenvalue weighted by molar-refractivity contribution is 0.247. The van der Waals surface area contributed by atoms with E-state index in [9.17, 15) is 4.79 Å². The number of hydrogen-bond acceptors (Lipinski definition) is 2. The number of amides is 2. The topological polar surface area (TPSA) is 65.2 Å². The fourth-order valence-electron chi connectivity index (χ4n) is 2.64. The van der Waals surface area contributed by atoms with Gasteiger partial charge in [-0.1, -0.05) is 89.4 Å². The zero-order chi connectivity index (χ0) is 20.9. The third kappa shape index (κ3) is 6.11. The molecule has 1 atom stereocenters. The molecule has 0 heterocycles. The monoisotopic (exact) mass is 466 g/mol. The maximum absolute atomic E-state index is 12.3. The molecule has 0 aromatic heterocycles. The van der Waals surface area contributed by atoms with E-state index >= 15 is 0 Å². The van der Waals surface area contributed by atoms with Crippen LogP contribution < -0.4 is 21.3 Å². The molecule has 0 bridgehead atoms. The summed E-state index contributed by atoms with van der Waals surface area (Å²) in [5.41, 5.74) is 1.39. The molecule has 29 heavy (non-hydrogen) atoms. The predicted octanol–water partition coefficient (Wildman–Crippen LogP) is 5.64. The summed E-state index contributed by atoms with van der Waals surface area (Å²) in [4.78, 5) is 12.3. The summed E-state index contributed by atoms with van der Waals surface area (Å²) in [5.74, 6) is 0. The summed E-state index contributed by atoms with van der Waals surface area (Å²) in [6, 6.07) is 22.0. The number of fused-ring (bicyclic) bond motifs is 1. The van der Waals surface area contributed by atoms with Gasteiger partial charge < -0.3 is 21.3 Å². The summed E-state index contributed by atoms with van der Waals surface area (Å²) < 4.78 is -1.85. The number of anilines is 2. The highest BCUT2D eigenvalue weighted by Crippen LogP contribution is 2.29. The number of nitrogens with one attached hydrogen (secondary N) is 4. The maximum Gasteiger partial charge on any atom is 0.320 e. The van der Waals surface area contributed by atoms with E-state index in [1.165, 1.54) is 0 Å². The van der Waals surface area contributed by atoms with Gasteiger partial charge in [-0.15, -0.1) is 0 Å². The van der Waals surface area contributed by atoms with Crippen LogP contribution in [0.3, 0.4) is 0 Å². The fraction of sp³-hybridized carbons (Fsp3) is 0.100. The first-order valence-electron chi connectivity index (χ1n) is 8.57. The van der Waals surface area contributed by atoms with Crippen LogP contribution in [0.15, 0.2) is 72.8 Å². The van der Waals surface area contributed by atoms with Crippen molar-refractivity contribution in [1.29, 1.82) is 0 Å². The summed E-state index contributed by atoms with van der Waals surface area (Å²) in [5, 5.41) is 13.4. The van der Waals surface area contributed by atoms with Gasteiger partial charge in [-0.05, 0) is 35.8 Å². The first kappa shape index (κ1) is 21.5. The number of halogens is 3. The second-order valence-electron chi connectivity index (χ2n) is 6.06. The molecular weight excluding hydrogens is 451 g/mol. The van der Waals surface area contributed by atoms with Crippen molar-refractivity contribution in [3.63, 3.8) is 0 Å². The molecule has 0 aliphatic rings. The molecule has 0 fully saturated rings. The second-order valence-corrected chi connectivity index (χ2v) is 8.84. The van der Waals surface area contributed by atoms with Crippen LogP contribution in [0.25, 0.3) is 10.8 Å². The van der Waals surface area contributed by atoms with E-state index in [0.29, 0.717) is 5.69 Å². The minimum Gasteiger partial charge on any atom is -0.339 e. The molecule has 150 valence electrons. The van der Waals surface area contributed by atoms with E-state index in [0.717, 1.165) is 16.5 Å². The number of carbonyl (C=O) groups is 1. The molecule has 3 rings (SSSR count). The Bertz CT molecular complexity index is 1010. The Balaban J connectivity index is 1.68. The molecule has 0 saturated heterocycles. The smallest absolute Gasteiger partial charge is 0.320 e. The summed E-state index contributed by atoms with van der Waals surface area (Å²) in [6.45, 7) is 0. The molecule has 4 N–H and O–H groups in total. The van der Waals surface area contributed by atoms with Crippen LogP contribution in [0.4, 0.5) is 16.2 Å². The average molecular weight is 468 g/mol. The van der Waals surface area contributed by atoms with Gasteiger partial charge in [-0.3, -0.25) is 0 Å². The second kappa shape index (κ2) is 9.50. The minimum absolute atomic E-state index is 0.192. The number of rotatable bonds is 4. The van der Waals surface area contributed by atoms with Crippen molar-refractivity contribution in [1.82, 2.24) is 10.6 Å². The van der Waals surface area contributed by atoms with Crippen molar-refractivity contribution in [2.24, 2.45) is 0 Å². The van der Waals surface area contributed by atoms with Crippen LogP contribution >= 0.6 is 47.0 Å². The van der Waals surface area contributed by atoms with Crippen LogP contribution in [0.2, 0.25) is 0 Å². The molecule has 0 aliphatic heterocycles. The number of para-hydroxylation sites is 1. The van der Waals surface area contributed by atoms with Gasteiger partial charge in [0.05, 0.1) is 0 Å². The Hall–Kier alpha value is -2.25. The lowest BCUT2D eigenvalue weighted by atomic mass is 10.1. The number of thiocarbonyl (C=S) groups is 1. The first-order chi connectivity index (χ1) is 13.8. The molecule has 9 heteroatoms. The minimum atomic E-state index is -1.85. The Morgan fingerprint density at radius 3 is 2.21 bits per heavy atom. The molecule has 0 spiro atoms. The van der Waals surface area contributed by atoms with E-state index in [1.807, 2.05) is 48.5 Å². The van der Waals surface area contributed by atoms with Crippen LogP contribution in [0.1, 0.15) is 0 Å². The van der Waals surface area contributed by atoms with Crippen LogP contribution in [-0.4, -0.2) is 21.1 Å². The Labute approximate surface area is 188 Å². The van der Waals surface area contributed by atoms with E-state index < -0.39 is 16.0 Å². The van der Waals surface area contributed by atoms with Crippen molar-refractivity contribution in [2.45, 2.75) is 9.96 Å². The molecule has 3 aromatic carbocycles. The Morgan fingerprint density at radius 2 is 1.48 bits per heavy atom. The number of benzene rings is 3. The Morgan fingerprint density at radius 1 is 0.828 bits per heavy atom. The lowest BCUT2D eigenvalue weighted by Crippen LogP contribution is -2.57. The van der Waals surface area contributed by atoms with Gasteiger partial charge in [0, 0.05) is 16.8 Å². The average Bonchev–Trinajstić information content (AvgIpc) is 2.68. The van der Waals surface area contributed by atoms with Gasteiger partial charge in [-0.2, -0.15) is 0 Å². The molecule has 3 aromatic rings. The number of urea groups is 1. The SMILES string of the molecule is O=C(Nc1ccccc1)N[C@@H](NC(=S)Nc1cccc2ccccc12)C(Cl)(Cl)Cl. The molecule has 0 unspecified atom stereocenters. The van der Waals surface area contributed by atoms with E-state index in [-0.39, 0.29) is 5.11 Å². The highest BCUT2D eigenvalue weighted by atomic mass is 35.6. The van der Waals surface area contributed by atoms with Crippen LogP contribution in [-0.2, 0) is 0 Å². The molecule has 0 aliphatic carbocycles. The first-order valence-corrected chi connectivity index (χ1v) is 10.1. The summed E-state index contributed by atoms with van der Waals surface area (Å²) >= 11 is 23.4. The van der Waals surface area contributed by atoms with E-state index in [1.54, 1.807) is 24.3 Å². The van der Waals surface area contributed by atoms with E-state index in [4.69, 9.17) is 47.0 Å². The van der Waals surface area contributed by atoms with Gasteiger partial charge >= 0.3 is 6.03 Å². The largest absolute Gasteiger partial charge is 0.339 e. The maximum atomic E-state index is 12.3. The predicted molar refractivity (Wildman–Crippen MR) is 126 cm³/mol. The normalized spacial score (nSPS) is 12.1. The number of alkyl halides is 3. The van der Waals surface area contributed by atoms with E-state index in [2.05, 4.69) is 21.3 Å². The van der Waals surface area contributed by atoms with Gasteiger partial charge in [0.15, 0.2) is 11.3 Å². The highest BCUT2D eigenvalue weighted by molar-refractivity contribution is 7.80. The molecule has 5 nitrogen and oxygen atoms in total. The molecule has 2 amide bonds. The highest BCUT2D eigenvalue weighted by Gasteiger charge is 2.34. The molecule has 0 saturated carbocycles. The third-order valence-corrected chi connectivity index (χ3v) is 4.82. The Kier molecular flexibility index (Phi) is 7.03. The van der Waals surface area contributed by atoms with Crippen molar-refractivity contribution >= 4 is 80.3 Å².